The number of carbonyl (C=O) groups is 1. The molecule has 0 amide bonds. The molecule has 3 aromatic heterocycles. The van der Waals surface area contributed by atoms with Crippen LogP contribution in [-0.4, -0.2) is 31.7 Å². The van der Waals surface area contributed by atoms with Gasteiger partial charge < -0.3 is 9.14 Å². The smallest absolute Gasteiger partial charge is 0.339 e. The molecule has 0 aliphatic rings. The van der Waals surface area contributed by atoms with Gasteiger partial charge >= 0.3 is 5.97 Å². The first kappa shape index (κ1) is 15.8. The van der Waals surface area contributed by atoms with Crippen molar-refractivity contribution in [3.8, 4) is 11.1 Å². The van der Waals surface area contributed by atoms with Crippen molar-refractivity contribution in [2.24, 2.45) is 7.05 Å². The van der Waals surface area contributed by atoms with Gasteiger partial charge in [0.15, 0.2) is 0 Å². The van der Waals surface area contributed by atoms with Crippen molar-refractivity contribution in [2.45, 2.75) is 20.8 Å². The number of esters is 1. The SMILES string of the molecule is CC.CCOC(=O)c1cc(-c2cnn(C)c2)c2nccn2c1. The molecule has 0 bridgehead atoms. The van der Waals surface area contributed by atoms with Gasteiger partial charge in [-0.05, 0) is 13.0 Å². The number of rotatable bonds is 3. The van der Waals surface area contributed by atoms with E-state index in [1.165, 1.54) is 0 Å². The van der Waals surface area contributed by atoms with Gasteiger partial charge in [-0.15, -0.1) is 0 Å². The first-order valence-corrected chi connectivity index (χ1v) is 7.32. The zero-order valence-corrected chi connectivity index (χ0v) is 13.3. The highest BCUT2D eigenvalue weighted by Crippen LogP contribution is 2.24. The minimum absolute atomic E-state index is 0.340. The third kappa shape index (κ3) is 3.00. The number of hydrogen-bond acceptors (Lipinski definition) is 4. The van der Waals surface area contributed by atoms with Crippen molar-refractivity contribution in [3.63, 3.8) is 0 Å². The maximum atomic E-state index is 11.9. The molecule has 0 fully saturated rings. The van der Waals surface area contributed by atoms with E-state index >= 15 is 0 Å². The highest BCUT2D eigenvalue weighted by molar-refractivity contribution is 5.92. The molecule has 3 aromatic rings. The summed E-state index contributed by atoms with van der Waals surface area (Å²) in [6.45, 7) is 6.14. The van der Waals surface area contributed by atoms with Crippen LogP contribution in [0, 0.1) is 0 Å². The van der Waals surface area contributed by atoms with Crippen molar-refractivity contribution in [1.29, 1.82) is 0 Å². The highest BCUT2D eigenvalue weighted by Gasteiger charge is 2.14. The molecule has 22 heavy (non-hydrogen) atoms. The predicted octanol–water partition coefficient (Wildman–Crippen LogP) is 2.94. The summed E-state index contributed by atoms with van der Waals surface area (Å²) in [6.07, 6.45) is 8.86. The van der Waals surface area contributed by atoms with E-state index in [0.29, 0.717) is 12.2 Å². The van der Waals surface area contributed by atoms with Gasteiger partial charge in [-0.2, -0.15) is 5.10 Å². The quantitative estimate of drug-likeness (QED) is 0.698. The van der Waals surface area contributed by atoms with Gasteiger partial charge in [-0.1, -0.05) is 13.8 Å². The number of nitrogens with zero attached hydrogens (tertiary/aromatic N) is 4. The molecule has 6 nitrogen and oxygen atoms in total. The number of carbonyl (C=O) groups excluding carboxylic acids is 1. The number of imidazole rings is 1. The normalized spacial score (nSPS) is 10.2. The molecular weight excluding hydrogens is 280 g/mol. The summed E-state index contributed by atoms with van der Waals surface area (Å²) in [5.41, 5.74) is 3.05. The summed E-state index contributed by atoms with van der Waals surface area (Å²) in [5, 5.41) is 4.16. The maximum absolute atomic E-state index is 11.9. The van der Waals surface area contributed by atoms with Crippen LogP contribution >= 0.6 is 0 Å². The predicted molar refractivity (Wildman–Crippen MR) is 84.7 cm³/mol. The second-order valence-corrected chi connectivity index (χ2v) is 4.42. The van der Waals surface area contributed by atoms with E-state index in [2.05, 4.69) is 10.1 Å². The van der Waals surface area contributed by atoms with Crippen molar-refractivity contribution in [2.75, 3.05) is 6.61 Å². The van der Waals surface area contributed by atoms with E-state index in [4.69, 9.17) is 4.74 Å². The standard InChI is InChI=1S/C14H14N4O2.C2H6/c1-3-20-14(19)10-6-12(11-7-16-17(2)8-11)13-15-4-5-18(13)9-10;1-2/h4-9H,3H2,1-2H3;1-2H3. The summed E-state index contributed by atoms with van der Waals surface area (Å²) in [6, 6.07) is 1.79. The van der Waals surface area contributed by atoms with Crippen molar-refractivity contribution >= 4 is 11.6 Å². The Labute approximate surface area is 129 Å². The Morgan fingerprint density at radius 2 is 2.09 bits per heavy atom. The van der Waals surface area contributed by atoms with Gasteiger partial charge in [0.2, 0.25) is 0 Å². The molecule has 0 N–H and O–H groups in total. The molecule has 0 aliphatic carbocycles. The molecule has 0 saturated heterocycles. The average molecular weight is 300 g/mol. The molecular formula is C16H20N4O2. The number of aryl methyl sites for hydroxylation is 1. The molecule has 0 unspecified atom stereocenters. The summed E-state index contributed by atoms with van der Waals surface area (Å²) < 4.78 is 8.58. The van der Waals surface area contributed by atoms with Crippen molar-refractivity contribution in [3.05, 3.63) is 42.6 Å². The molecule has 6 heteroatoms. The fraction of sp³-hybridized carbons (Fsp3) is 0.312. The molecule has 0 saturated carbocycles. The first-order chi connectivity index (χ1) is 10.7. The lowest BCUT2D eigenvalue weighted by atomic mass is 10.1. The first-order valence-electron chi connectivity index (χ1n) is 7.32. The van der Waals surface area contributed by atoms with Crippen LogP contribution < -0.4 is 0 Å². The van der Waals surface area contributed by atoms with Crippen LogP contribution in [0.25, 0.3) is 16.8 Å². The van der Waals surface area contributed by atoms with E-state index in [9.17, 15) is 4.79 Å². The molecule has 3 rings (SSSR count). The van der Waals surface area contributed by atoms with Gasteiger partial charge in [-0.3, -0.25) is 4.68 Å². The second kappa shape index (κ2) is 6.89. The van der Waals surface area contributed by atoms with E-state index in [0.717, 1.165) is 16.8 Å². The van der Waals surface area contributed by atoms with Gasteiger partial charge in [0.05, 0.1) is 18.4 Å². The molecule has 0 atom stereocenters. The fourth-order valence-electron chi connectivity index (χ4n) is 2.13. The Morgan fingerprint density at radius 1 is 1.32 bits per heavy atom. The lowest BCUT2D eigenvalue weighted by molar-refractivity contribution is 0.0526. The molecule has 116 valence electrons. The highest BCUT2D eigenvalue weighted by atomic mass is 16.5. The molecule has 0 aromatic carbocycles. The van der Waals surface area contributed by atoms with Gasteiger partial charge in [0.1, 0.15) is 5.65 Å². The van der Waals surface area contributed by atoms with Crippen LogP contribution in [0.4, 0.5) is 0 Å². The lowest BCUT2D eigenvalue weighted by Gasteiger charge is -2.06. The summed E-state index contributed by atoms with van der Waals surface area (Å²) in [5.74, 6) is -0.340. The Bertz CT molecular complexity index is 773. The number of hydrogen-bond donors (Lipinski definition) is 0. The van der Waals surface area contributed by atoms with E-state index in [1.807, 2.05) is 31.5 Å². The average Bonchev–Trinajstić information content (AvgIpc) is 3.17. The lowest BCUT2D eigenvalue weighted by Crippen LogP contribution is -2.06. The monoisotopic (exact) mass is 300 g/mol. The second-order valence-electron chi connectivity index (χ2n) is 4.42. The van der Waals surface area contributed by atoms with Crippen molar-refractivity contribution < 1.29 is 9.53 Å². The van der Waals surface area contributed by atoms with Crippen LogP contribution in [0.15, 0.2) is 37.1 Å². The van der Waals surface area contributed by atoms with Gasteiger partial charge in [-0.25, -0.2) is 9.78 Å². The van der Waals surface area contributed by atoms with Crippen LogP contribution in [0.3, 0.4) is 0 Å². The third-order valence-corrected chi connectivity index (χ3v) is 3.01. The number of fused-ring (bicyclic) bond motifs is 1. The van der Waals surface area contributed by atoms with Gasteiger partial charge in [0, 0.05) is 43.0 Å². The largest absolute Gasteiger partial charge is 0.462 e. The van der Waals surface area contributed by atoms with Crippen LogP contribution in [0.1, 0.15) is 31.1 Å². The van der Waals surface area contributed by atoms with Crippen LogP contribution in [0.5, 0.6) is 0 Å². The topological polar surface area (TPSA) is 61.4 Å². The Kier molecular flexibility index (Phi) is 4.93. The third-order valence-electron chi connectivity index (χ3n) is 3.01. The van der Waals surface area contributed by atoms with E-state index in [1.54, 1.807) is 42.5 Å². The Morgan fingerprint density at radius 3 is 2.73 bits per heavy atom. The van der Waals surface area contributed by atoms with Crippen LogP contribution in [0.2, 0.25) is 0 Å². The number of pyridine rings is 1. The molecule has 3 heterocycles. The minimum atomic E-state index is -0.340. The number of ether oxygens (including phenoxy) is 1. The Hall–Kier alpha value is -2.63. The molecule has 0 radical (unpaired) electrons. The minimum Gasteiger partial charge on any atom is -0.462 e. The summed E-state index contributed by atoms with van der Waals surface area (Å²) in [4.78, 5) is 16.2. The Balaban J connectivity index is 0.000000847. The number of aromatic nitrogens is 4. The molecule has 0 spiro atoms. The summed E-state index contributed by atoms with van der Waals surface area (Å²) >= 11 is 0. The van der Waals surface area contributed by atoms with E-state index < -0.39 is 0 Å². The van der Waals surface area contributed by atoms with Crippen molar-refractivity contribution in [1.82, 2.24) is 19.2 Å². The van der Waals surface area contributed by atoms with E-state index in [-0.39, 0.29) is 5.97 Å². The van der Waals surface area contributed by atoms with Gasteiger partial charge in [0.25, 0.3) is 0 Å². The zero-order valence-electron chi connectivity index (χ0n) is 13.3. The zero-order chi connectivity index (χ0) is 16.1. The fourth-order valence-corrected chi connectivity index (χ4v) is 2.13. The molecule has 0 aliphatic heterocycles. The summed E-state index contributed by atoms with van der Waals surface area (Å²) in [7, 11) is 1.85. The maximum Gasteiger partial charge on any atom is 0.339 e. The van der Waals surface area contributed by atoms with Crippen LogP contribution in [-0.2, 0) is 11.8 Å².